The highest BCUT2D eigenvalue weighted by atomic mass is 32.2. The largest absolute Gasteiger partial charge is 0.497 e. The van der Waals surface area contributed by atoms with Gasteiger partial charge in [-0.3, -0.25) is 4.72 Å². The Hall–Kier alpha value is -2.65. The van der Waals surface area contributed by atoms with Crippen molar-refractivity contribution in [1.29, 1.82) is 0 Å². The van der Waals surface area contributed by atoms with Gasteiger partial charge in [-0.05, 0) is 54.7 Å². The molecule has 0 atom stereocenters. The number of hydrogen-bond donors (Lipinski definition) is 2. The van der Waals surface area contributed by atoms with Gasteiger partial charge in [0.15, 0.2) is 0 Å². The Labute approximate surface area is 143 Å². The van der Waals surface area contributed by atoms with Crippen molar-refractivity contribution >= 4 is 27.9 Å². The Morgan fingerprint density at radius 2 is 1.96 bits per heavy atom. The predicted octanol–water partition coefficient (Wildman–Crippen LogP) is 3.21. The quantitative estimate of drug-likeness (QED) is 0.676. The minimum absolute atomic E-state index is 0.0833. The van der Waals surface area contributed by atoms with E-state index in [0.717, 1.165) is 0 Å². The van der Waals surface area contributed by atoms with Crippen molar-refractivity contribution in [2.24, 2.45) is 0 Å². The summed E-state index contributed by atoms with van der Waals surface area (Å²) in [7, 11) is -2.21. The molecule has 0 saturated carbocycles. The highest BCUT2D eigenvalue weighted by Crippen LogP contribution is 2.23. The van der Waals surface area contributed by atoms with Crippen LogP contribution in [0.4, 0.5) is 5.69 Å². The first-order chi connectivity index (χ1) is 11.5. The van der Waals surface area contributed by atoms with Gasteiger partial charge in [0, 0.05) is 11.3 Å². The van der Waals surface area contributed by atoms with Gasteiger partial charge < -0.3 is 9.15 Å². The molecule has 0 radical (unpaired) electrons. The van der Waals surface area contributed by atoms with Crippen molar-refractivity contribution in [3.8, 4) is 17.2 Å². The summed E-state index contributed by atoms with van der Waals surface area (Å²) in [4.78, 5) is 0.203. The summed E-state index contributed by atoms with van der Waals surface area (Å²) >= 11 is 4.82. The van der Waals surface area contributed by atoms with E-state index in [0.29, 0.717) is 17.0 Å². The molecule has 24 heavy (non-hydrogen) atoms. The molecular weight excluding hydrogens is 350 g/mol. The molecule has 3 aromatic rings. The number of ether oxygens (including phenoxy) is 1. The van der Waals surface area contributed by atoms with Crippen LogP contribution in [0.15, 0.2) is 57.8 Å². The number of methoxy groups -OCH3 is 1. The average Bonchev–Trinajstić information content (AvgIpc) is 3.02. The first-order valence-electron chi connectivity index (χ1n) is 6.81. The maximum absolute atomic E-state index is 12.5. The fourth-order valence-corrected chi connectivity index (χ4v) is 3.25. The summed E-state index contributed by atoms with van der Waals surface area (Å²) < 4.78 is 37.8. The number of hydrogen-bond acceptors (Lipinski definition) is 6. The van der Waals surface area contributed by atoms with Gasteiger partial charge in [0.25, 0.3) is 14.9 Å². The Bertz CT molecular complexity index is 1010. The number of H-pyrrole nitrogens is 1. The van der Waals surface area contributed by atoms with Crippen LogP contribution in [0.25, 0.3) is 11.5 Å². The molecule has 0 aliphatic rings. The van der Waals surface area contributed by atoms with Gasteiger partial charge in [-0.2, -0.15) is 0 Å². The molecule has 0 bridgehead atoms. The van der Waals surface area contributed by atoms with Crippen molar-refractivity contribution in [3.05, 3.63) is 53.4 Å². The number of rotatable bonds is 5. The number of aromatic nitrogens is 2. The fraction of sp³-hybridized carbons (Fsp3) is 0.0667. The minimum atomic E-state index is -3.75. The van der Waals surface area contributed by atoms with Gasteiger partial charge in [0.2, 0.25) is 5.89 Å². The van der Waals surface area contributed by atoms with E-state index in [9.17, 15) is 8.42 Å². The van der Waals surface area contributed by atoms with Crippen LogP contribution in [0.3, 0.4) is 0 Å². The molecule has 0 amide bonds. The molecule has 0 spiro atoms. The molecular formula is C15H13N3O4S2. The second-order valence-corrected chi connectivity index (χ2v) is 6.83. The molecule has 2 aromatic carbocycles. The first kappa shape index (κ1) is 16.2. The van der Waals surface area contributed by atoms with Crippen LogP contribution < -0.4 is 9.46 Å². The van der Waals surface area contributed by atoms with Crippen molar-refractivity contribution in [2.75, 3.05) is 11.8 Å². The van der Waals surface area contributed by atoms with Crippen LogP contribution in [0.2, 0.25) is 0 Å². The molecule has 3 rings (SSSR count). The van der Waals surface area contributed by atoms with E-state index in [-0.39, 0.29) is 15.6 Å². The van der Waals surface area contributed by atoms with Gasteiger partial charge in [0.1, 0.15) is 5.75 Å². The van der Waals surface area contributed by atoms with E-state index in [2.05, 4.69) is 14.9 Å². The highest BCUT2D eigenvalue weighted by Gasteiger charge is 2.16. The van der Waals surface area contributed by atoms with Gasteiger partial charge in [-0.15, -0.1) is 5.10 Å². The molecule has 0 unspecified atom stereocenters. The molecule has 0 fully saturated rings. The number of anilines is 1. The van der Waals surface area contributed by atoms with Crippen LogP contribution in [-0.4, -0.2) is 25.7 Å². The van der Waals surface area contributed by atoms with Gasteiger partial charge in [0.05, 0.1) is 12.0 Å². The predicted molar refractivity (Wildman–Crippen MR) is 90.9 cm³/mol. The minimum Gasteiger partial charge on any atom is -0.497 e. The Kier molecular flexibility index (Phi) is 4.36. The highest BCUT2D eigenvalue weighted by molar-refractivity contribution is 7.92. The first-order valence-corrected chi connectivity index (χ1v) is 8.70. The summed E-state index contributed by atoms with van der Waals surface area (Å²) in [6.45, 7) is 0. The monoisotopic (exact) mass is 363 g/mol. The van der Waals surface area contributed by atoms with Crippen molar-refractivity contribution in [3.63, 3.8) is 0 Å². The van der Waals surface area contributed by atoms with Crippen molar-refractivity contribution in [2.45, 2.75) is 4.90 Å². The average molecular weight is 363 g/mol. The molecule has 7 nitrogen and oxygen atoms in total. The molecule has 124 valence electrons. The lowest BCUT2D eigenvalue weighted by molar-refractivity contribution is 0.415. The van der Waals surface area contributed by atoms with Crippen LogP contribution >= 0.6 is 12.2 Å². The Balaban J connectivity index is 1.90. The Morgan fingerprint density at radius 3 is 2.58 bits per heavy atom. The van der Waals surface area contributed by atoms with Gasteiger partial charge in [-0.25, -0.2) is 13.5 Å². The SMILES string of the molecule is COc1ccc(NS(=O)(=O)c2cccc(-c3n[nH]c(=S)o3)c2)cc1. The summed E-state index contributed by atoms with van der Waals surface area (Å²) in [6.07, 6.45) is 0. The summed E-state index contributed by atoms with van der Waals surface area (Å²) in [5, 5.41) is 6.38. The zero-order valence-electron chi connectivity index (χ0n) is 12.5. The van der Waals surface area contributed by atoms with Gasteiger partial charge in [-0.1, -0.05) is 6.07 Å². The number of benzene rings is 2. The molecule has 9 heteroatoms. The maximum atomic E-state index is 12.5. The van der Waals surface area contributed by atoms with Crippen molar-refractivity contribution < 1.29 is 17.6 Å². The zero-order valence-corrected chi connectivity index (χ0v) is 14.1. The second kappa shape index (κ2) is 6.46. The van der Waals surface area contributed by atoms with E-state index in [1.807, 2.05) is 0 Å². The molecule has 0 aliphatic heterocycles. The topological polar surface area (TPSA) is 97.2 Å². The molecule has 1 aromatic heterocycles. The smallest absolute Gasteiger partial charge is 0.284 e. The number of sulfonamides is 1. The summed E-state index contributed by atoms with van der Waals surface area (Å²) in [5.41, 5.74) is 0.929. The van der Waals surface area contributed by atoms with E-state index < -0.39 is 10.0 Å². The van der Waals surface area contributed by atoms with Gasteiger partial charge >= 0.3 is 0 Å². The number of nitrogens with one attached hydrogen (secondary N) is 2. The van der Waals surface area contributed by atoms with Crippen LogP contribution in [-0.2, 0) is 10.0 Å². The van der Waals surface area contributed by atoms with E-state index >= 15 is 0 Å². The third-order valence-electron chi connectivity index (χ3n) is 3.17. The molecule has 2 N–H and O–H groups in total. The van der Waals surface area contributed by atoms with Crippen LogP contribution in [0, 0.1) is 4.84 Å². The number of aromatic amines is 1. The zero-order chi connectivity index (χ0) is 17.2. The third-order valence-corrected chi connectivity index (χ3v) is 4.73. The van der Waals surface area contributed by atoms with E-state index in [4.69, 9.17) is 21.4 Å². The third kappa shape index (κ3) is 3.47. The van der Waals surface area contributed by atoms with Crippen molar-refractivity contribution in [1.82, 2.24) is 10.2 Å². The van der Waals surface area contributed by atoms with Crippen LogP contribution in [0.5, 0.6) is 5.75 Å². The summed E-state index contributed by atoms with van der Waals surface area (Å²) in [5.74, 6) is 0.862. The lowest BCUT2D eigenvalue weighted by atomic mass is 10.2. The standard InChI is InChI=1S/C15H13N3O4S2/c1-21-12-7-5-11(6-8-12)18-24(19,20)13-4-2-3-10(9-13)14-16-17-15(23)22-14/h2-9,18H,1H3,(H,17,23). The lowest BCUT2D eigenvalue weighted by Gasteiger charge is -2.09. The lowest BCUT2D eigenvalue weighted by Crippen LogP contribution is -2.12. The molecule has 0 aliphatic carbocycles. The normalized spacial score (nSPS) is 11.2. The number of nitrogens with zero attached hydrogens (tertiary/aromatic N) is 1. The second-order valence-electron chi connectivity index (χ2n) is 4.78. The van der Waals surface area contributed by atoms with E-state index in [1.165, 1.54) is 12.1 Å². The maximum Gasteiger partial charge on any atom is 0.284 e. The van der Waals surface area contributed by atoms with Crippen LogP contribution in [0.1, 0.15) is 0 Å². The Morgan fingerprint density at radius 1 is 1.21 bits per heavy atom. The summed E-state index contributed by atoms with van der Waals surface area (Å²) in [6, 6.07) is 12.8. The fourth-order valence-electron chi connectivity index (χ4n) is 2.02. The molecule has 1 heterocycles. The van der Waals surface area contributed by atoms with E-state index in [1.54, 1.807) is 43.5 Å². The molecule has 0 saturated heterocycles.